The fourth-order valence-electron chi connectivity index (χ4n) is 1.54. The van der Waals surface area contributed by atoms with Crippen molar-refractivity contribution in [3.05, 3.63) is 29.3 Å². The van der Waals surface area contributed by atoms with E-state index in [9.17, 15) is 4.79 Å². The van der Waals surface area contributed by atoms with Crippen LogP contribution in [0.4, 0.5) is 5.69 Å². The predicted molar refractivity (Wildman–Crippen MR) is 64.7 cm³/mol. The highest BCUT2D eigenvalue weighted by Crippen LogP contribution is 2.19. The Labute approximate surface area is 91.9 Å². The van der Waals surface area contributed by atoms with Crippen molar-refractivity contribution in [2.24, 2.45) is 0 Å². The Hall–Kier alpha value is -1.31. The topological polar surface area (TPSA) is 20.3 Å². The number of carbonyl (C=O) groups excluding carboxylic acids is 1. The van der Waals surface area contributed by atoms with Crippen LogP contribution in [-0.4, -0.2) is 19.4 Å². The molecular weight excluding hydrogens is 186 g/mol. The number of anilines is 1. The lowest BCUT2D eigenvalue weighted by Crippen LogP contribution is -2.27. The standard InChI is InChI=1S/C13H19NO/c1-5-11(3)14(4)13-7-6-12(9-15)10(2)8-13/h6-9,11H,5H2,1-4H3. The first-order chi connectivity index (χ1) is 7.10. The van der Waals surface area contributed by atoms with Gasteiger partial charge in [0.2, 0.25) is 0 Å². The molecule has 1 atom stereocenters. The van der Waals surface area contributed by atoms with Gasteiger partial charge in [0, 0.05) is 24.3 Å². The highest BCUT2D eigenvalue weighted by Gasteiger charge is 2.08. The summed E-state index contributed by atoms with van der Waals surface area (Å²) in [5.74, 6) is 0. The molecule has 0 bridgehead atoms. The van der Waals surface area contributed by atoms with Crippen LogP contribution >= 0.6 is 0 Å². The molecule has 1 aromatic rings. The molecule has 2 heteroatoms. The summed E-state index contributed by atoms with van der Waals surface area (Å²) in [6, 6.07) is 6.47. The van der Waals surface area contributed by atoms with Gasteiger partial charge in [-0.05, 0) is 44.0 Å². The fraction of sp³-hybridized carbons (Fsp3) is 0.462. The van der Waals surface area contributed by atoms with Gasteiger partial charge in [0.05, 0.1) is 0 Å². The van der Waals surface area contributed by atoms with E-state index >= 15 is 0 Å². The molecule has 1 aromatic carbocycles. The Morgan fingerprint density at radius 1 is 1.47 bits per heavy atom. The number of hydrogen-bond acceptors (Lipinski definition) is 2. The quantitative estimate of drug-likeness (QED) is 0.704. The van der Waals surface area contributed by atoms with Crippen LogP contribution in [0.3, 0.4) is 0 Å². The number of carbonyl (C=O) groups is 1. The molecule has 0 fully saturated rings. The third-order valence-electron chi connectivity index (χ3n) is 3.04. The van der Waals surface area contributed by atoms with Crippen LogP contribution in [0.15, 0.2) is 18.2 Å². The molecular formula is C13H19NO. The summed E-state index contributed by atoms with van der Waals surface area (Å²) >= 11 is 0. The Kier molecular flexibility index (Phi) is 3.89. The summed E-state index contributed by atoms with van der Waals surface area (Å²) in [6.07, 6.45) is 2.02. The van der Waals surface area contributed by atoms with Gasteiger partial charge in [0.25, 0.3) is 0 Å². The van der Waals surface area contributed by atoms with E-state index in [1.807, 2.05) is 19.1 Å². The van der Waals surface area contributed by atoms with Gasteiger partial charge in [-0.2, -0.15) is 0 Å². The minimum atomic E-state index is 0.520. The number of aryl methyl sites for hydroxylation is 1. The third-order valence-corrected chi connectivity index (χ3v) is 3.04. The summed E-state index contributed by atoms with van der Waals surface area (Å²) < 4.78 is 0. The number of nitrogens with zero attached hydrogens (tertiary/aromatic N) is 1. The van der Waals surface area contributed by atoms with Gasteiger partial charge >= 0.3 is 0 Å². The summed E-state index contributed by atoms with van der Waals surface area (Å²) in [4.78, 5) is 12.9. The molecule has 0 spiro atoms. The molecule has 0 amide bonds. The van der Waals surface area contributed by atoms with Gasteiger partial charge in [-0.3, -0.25) is 4.79 Å². The lowest BCUT2D eigenvalue weighted by Gasteiger charge is -2.26. The normalized spacial score (nSPS) is 12.3. The van der Waals surface area contributed by atoms with E-state index in [2.05, 4.69) is 31.9 Å². The maximum Gasteiger partial charge on any atom is 0.150 e. The molecule has 2 nitrogen and oxygen atoms in total. The van der Waals surface area contributed by atoms with E-state index in [-0.39, 0.29) is 0 Å². The monoisotopic (exact) mass is 205 g/mol. The van der Waals surface area contributed by atoms with Crippen molar-refractivity contribution in [1.82, 2.24) is 0 Å². The molecule has 82 valence electrons. The van der Waals surface area contributed by atoms with Crippen molar-refractivity contribution in [3.8, 4) is 0 Å². The van der Waals surface area contributed by atoms with E-state index in [0.29, 0.717) is 6.04 Å². The first-order valence-corrected chi connectivity index (χ1v) is 5.38. The fourth-order valence-corrected chi connectivity index (χ4v) is 1.54. The Morgan fingerprint density at radius 2 is 2.13 bits per heavy atom. The first kappa shape index (κ1) is 11.8. The largest absolute Gasteiger partial charge is 0.372 e. The van der Waals surface area contributed by atoms with Crippen LogP contribution in [-0.2, 0) is 0 Å². The Bertz CT molecular complexity index is 346. The van der Waals surface area contributed by atoms with Crippen molar-refractivity contribution >= 4 is 12.0 Å². The highest BCUT2D eigenvalue weighted by molar-refractivity contribution is 5.78. The minimum absolute atomic E-state index is 0.520. The predicted octanol–water partition coefficient (Wildman–Crippen LogP) is 3.04. The lowest BCUT2D eigenvalue weighted by atomic mass is 10.1. The van der Waals surface area contributed by atoms with Crippen molar-refractivity contribution in [3.63, 3.8) is 0 Å². The second kappa shape index (κ2) is 4.96. The van der Waals surface area contributed by atoms with Crippen molar-refractivity contribution in [1.29, 1.82) is 0 Å². The van der Waals surface area contributed by atoms with Gasteiger partial charge in [-0.25, -0.2) is 0 Å². The smallest absolute Gasteiger partial charge is 0.150 e. The second-order valence-electron chi connectivity index (χ2n) is 4.03. The molecule has 0 N–H and O–H groups in total. The second-order valence-corrected chi connectivity index (χ2v) is 4.03. The van der Waals surface area contributed by atoms with Crippen LogP contribution in [0.25, 0.3) is 0 Å². The van der Waals surface area contributed by atoms with E-state index in [1.165, 1.54) is 5.69 Å². The van der Waals surface area contributed by atoms with Crippen LogP contribution in [0.1, 0.15) is 36.2 Å². The summed E-state index contributed by atoms with van der Waals surface area (Å²) in [6.45, 7) is 6.34. The maximum atomic E-state index is 10.7. The van der Waals surface area contributed by atoms with E-state index in [0.717, 1.165) is 23.8 Å². The average molecular weight is 205 g/mol. The summed E-state index contributed by atoms with van der Waals surface area (Å²) in [5.41, 5.74) is 2.99. The molecule has 0 aromatic heterocycles. The SMILES string of the molecule is CCC(C)N(C)c1ccc(C=O)c(C)c1. The van der Waals surface area contributed by atoms with Crippen LogP contribution in [0.5, 0.6) is 0 Å². The molecule has 0 saturated heterocycles. The van der Waals surface area contributed by atoms with Gasteiger partial charge in [-0.1, -0.05) is 6.92 Å². The van der Waals surface area contributed by atoms with Gasteiger partial charge in [-0.15, -0.1) is 0 Å². The highest BCUT2D eigenvalue weighted by atomic mass is 16.1. The molecule has 1 unspecified atom stereocenters. The van der Waals surface area contributed by atoms with E-state index in [4.69, 9.17) is 0 Å². The van der Waals surface area contributed by atoms with Crippen molar-refractivity contribution < 1.29 is 4.79 Å². The zero-order valence-corrected chi connectivity index (χ0v) is 9.95. The minimum Gasteiger partial charge on any atom is -0.372 e. The Balaban J connectivity index is 2.96. The molecule has 1 rings (SSSR count). The zero-order chi connectivity index (χ0) is 11.4. The molecule has 15 heavy (non-hydrogen) atoms. The third kappa shape index (κ3) is 2.58. The van der Waals surface area contributed by atoms with Crippen LogP contribution < -0.4 is 4.90 Å². The molecule has 0 saturated carbocycles. The van der Waals surface area contributed by atoms with Gasteiger partial charge < -0.3 is 4.90 Å². The van der Waals surface area contributed by atoms with Crippen LogP contribution in [0, 0.1) is 6.92 Å². The lowest BCUT2D eigenvalue weighted by molar-refractivity contribution is 0.112. The Morgan fingerprint density at radius 3 is 2.60 bits per heavy atom. The molecule has 0 radical (unpaired) electrons. The maximum absolute atomic E-state index is 10.7. The molecule has 0 aliphatic rings. The molecule has 0 aliphatic heterocycles. The van der Waals surface area contributed by atoms with Crippen molar-refractivity contribution in [2.45, 2.75) is 33.2 Å². The summed E-state index contributed by atoms with van der Waals surface area (Å²) in [5, 5.41) is 0. The van der Waals surface area contributed by atoms with E-state index in [1.54, 1.807) is 0 Å². The van der Waals surface area contributed by atoms with Gasteiger partial charge in [0.15, 0.2) is 0 Å². The van der Waals surface area contributed by atoms with E-state index < -0.39 is 0 Å². The molecule has 0 heterocycles. The van der Waals surface area contributed by atoms with Gasteiger partial charge in [0.1, 0.15) is 6.29 Å². The number of rotatable bonds is 4. The number of benzene rings is 1. The number of aldehydes is 1. The van der Waals surface area contributed by atoms with Crippen molar-refractivity contribution in [2.75, 3.05) is 11.9 Å². The zero-order valence-electron chi connectivity index (χ0n) is 9.95. The first-order valence-electron chi connectivity index (χ1n) is 5.38. The molecule has 0 aliphatic carbocycles. The van der Waals surface area contributed by atoms with Crippen LogP contribution in [0.2, 0.25) is 0 Å². The average Bonchev–Trinajstić information content (AvgIpc) is 2.26. The number of hydrogen-bond donors (Lipinski definition) is 0. The summed E-state index contributed by atoms with van der Waals surface area (Å²) in [7, 11) is 2.09.